The van der Waals surface area contributed by atoms with E-state index in [1.54, 1.807) is 0 Å². The normalized spacial score (nSPS) is 12.7. The maximum Gasteiger partial charge on any atom is 0.261 e. The van der Waals surface area contributed by atoms with Gasteiger partial charge in [-0.25, -0.2) is 8.78 Å². The lowest BCUT2D eigenvalue weighted by Crippen LogP contribution is -2.33. The molecule has 1 atom stereocenters. The van der Waals surface area contributed by atoms with E-state index in [9.17, 15) is 13.9 Å². The lowest BCUT2D eigenvalue weighted by atomic mass is 10.2. The summed E-state index contributed by atoms with van der Waals surface area (Å²) in [6.07, 6.45) is -3.10. The van der Waals surface area contributed by atoms with Gasteiger partial charge in [-0.3, -0.25) is 0 Å². The fourth-order valence-corrected chi connectivity index (χ4v) is 1.54. The van der Waals surface area contributed by atoms with Gasteiger partial charge in [-0.15, -0.1) is 0 Å². The summed E-state index contributed by atoms with van der Waals surface area (Å²) >= 11 is 0. The van der Waals surface area contributed by atoms with E-state index in [0.29, 0.717) is 18.8 Å². The molecule has 1 aromatic rings. The molecular formula is C14H21F2NO3. The number of hydrogen-bond donors (Lipinski definition) is 2. The zero-order chi connectivity index (χ0) is 14.8. The molecule has 0 aliphatic heterocycles. The molecule has 0 bridgehead atoms. The molecule has 1 aromatic carbocycles. The van der Waals surface area contributed by atoms with Crippen molar-refractivity contribution in [3.8, 4) is 5.75 Å². The van der Waals surface area contributed by atoms with E-state index in [-0.39, 0.29) is 13.2 Å². The first kappa shape index (κ1) is 16.8. The Labute approximate surface area is 117 Å². The van der Waals surface area contributed by atoms with E-state index in [1.807, 2.05) is 31.2 Å². The van der Waals surface area contributed by atoms with Crippen molar-refractivity contribution < 1.29 is 23.4 Å². The number of hydrogen-bond acceptors (Lipinski definition) is 4. The number of aliphatic hydroxyl groups excluding tert-OH is 1. The predicted molar refractivity (Wildman–Crippen MR) is 72.4 cm³/mol. The van der Waals surface area contributed by atoms with Crippen molar-refractivity contribution in [3.05, 3.63) is 29.8 Å². The standard InChI is InChI=1S/C14H21F2NO3/c1-11-3-2-4-13(7-11)20-9-12(18)8-17-5-6-19-10-14(15)16/h2-4,7,12,14,17-18H,5-6,8-10H2,1H3. The van der Waals surface area contributed by atoms with Crippen LogP contribution in [0, 0.1) is 6.92 Å². The number of nitrogens with one attached hydrogen (secondary N) is 1. The summed E-state index contributed by atoms with van der Waals surface area (Å²) in [5.41, 5.74) is 1.09. The van der Waals surface area contributed by atoms with Gasteiger partial charge in [0.25, 0.3) is 6.43 Å². The number of aryl methyl sites for hydroxylation is 1. The smallest absolute Gasteiger partial charge is 0.261 e. The van der Waals surface area contributed by atoms with Gasteiger partial charge < -0.3 is 19.9 Å². The van der Waals surface area contributed by atoms with Crippen molar-refractivity contribution in [2.45, 2.75) is 19.5 Å². The van der Waals surface area contributed by atoms with E-state index in [4.69, 9.17) is 9.47 Å². The Bertz CT molecular complexity index is 377. The molecule has 0 amide bonds. The van der Waals surface area contributed by atoms with E-state index in [1.165, 1.54) is 0 Å². The third-order valence-electron chi connectivity index (χ3n) is 2.48. The summed E-state index contributed by atoms with van der Waals surface area (Å²) in [6.45, 7) is 2.51. The minimum Gasteiger partial charge on any atom is -0.491 e. The second-order valence-electron chi connectivity index (χ2n) is 4.45. The van der Waals surface area contributed by atoms with Crippen molar-refractivity contribution in [3.63, 3.8) is 0 Å². The number of aliphatic hydroxyl groups is 1. The zero-order valence-corrected chi connectivity index (χ0v) is 11.5. The SMILES string of the molecule is Cc1cccc(OCC(O)CNCCOCC(F)F)c1. The topological polar surface area (TPSA) is 50.7 Å². The Morgan fingerprint density at radius 2 is 2.10 bits per heavy atom. The minimum absolute atomic E-state index is 0.175. The molecule has 2 N–H and O–H groups in total. The first-order valence-corrected chi connectivity index (χ1v) is 6.52. The van der Waals surface area contributed by atoms with Crippen molar-refractivity contribution >= 4 is 0 Å². The number of benzene rings is 1. The first-order chi connectivity index (χ1) is 9.58. The molecule has 20 heavy (non-hydrogen) atoms. The van der Waals surface area contributed by atoms with Crippen LogP contribution in [-0.2, 0) is 4.74 Å². The van der Waals surface area contributed by atoms with E-state index < -0.39 is 19.1 Å². The van der Waals surface area contributed by atoms with Crippen LogP contribution in [0.3, 0.4) is 0 Å². The average molecular weight is 289 g/mol. The van der Waals surface area contributed by atoms with Crippen LogP contribution in [0.25, 0.3) is 0 Å². The van der Waals surface area contributed by atoms with Crippen LogP contribution in [0.4, 0.5) is 8.78 Å². The number of ether oxygens (including phenoxy) is 2. The summed E-state index contributed by atoms with van der Waals surface area (Å²) in [5.74, 6) is 0.712. The molecule has 114 valence electrons. The summed E-state index contributed by atoms with van der Waals surface area (Å²) in [5, 5.41) is 12.6. The van der Waals surface area contributed by atoms with Crippen LogP contribution >= 0.6 is 0 Å². The number of alkyl halides is 2. The van der Waals surface area contributed by atoms with Crippen molar-refractivity contribution in [1.29, 1.82) is 0 Å². The zero-order valence-electron chi connectivity index (χ0n) is 11.5. The van der Waals surface area contributed by atoms with Gasteiger partial charge >= 0.3 is 0 Å². The largest absolute Gasteiger partial charge is 0.491 e. The van der Waals surface area contributed by atoms with E-state index in [0.717, 1.165) is 5.56 Å². The molecule has 0 radical (unpaired) electrons. The molecule has 0 saturated carbocycles. The van der Waals surface area contributed by atoms with Crippen LogP contribution in [0.5, 0.6) is 5.75 Å². The summed E-state index contributed by atoms with van der Waals surface area (Å²) in [7, 11) is 0. The monoisotopic (exact) mass is 289 g/mol. The molecule has 0 aliphatic carbocycles. The highest BCUT2D eigenvalue weighted by atomic mass is 19.3. The third kappa shape index (κ3) is 8.04. The molecule has 6 heteroatoms. The highest BCUT2D eigenvalue weighted by Crippen LogP contribution is 2.12. The Morgan fingerprint density at radius 1 is 1.30 bits per heavy atom. The minimum atomic E-state index is -2.44. The quantitative estimate of drug-likeness (QED) is 0.643. The molecule has 0 aliphatic rings. The van der Waals surface area contributed by atoms with E-state index in [2.05, 4.69) is 5.32 Å². The van der Waals surface area contributed by atoms with Gasteiger partial charge in [0.1, 0.15) is 25.1 Å². The van der Waals surface area contributed by atoms with Gasteiger partial charge in [-0.1, -0.05) is 12.1 Å². The highest BCUT2D eigenvalue weighted by Gasteiger charge is 2.05. The van der Waals surface area contributed by atoms with Crippen LogP contribution in [-0.4, -0.2) is 50.5 Å². The maximum atomic E-state index is 11.8. The second kappa shape index (κ2) is 9.63. The second-order valence-corrected chi connectivity index (χ2v) is 4.45. The molecule has 1 unspecified atom stereocenters. The molecule has 0 fully saturated rings. The molecule has 0 heterocycles. The predicted octanol–water partition coefficient (Wildman–Crippen LogP) is 1.61. The van der Waals surface area contributed by atoms with Gasteiger partial charge in [0.2, 0.25) is 0 Å². The summed E-state index contributed by atoms with van der Waals surface area (Å²) in [6, 6.07) is 7.56. The van der Waals surface area contributed by atoms with Crippen molar-refractivity contribution in [1.82, 2.24) is 5.32 Å². The van der Waals surface area contributed by atoms with Crippen LogP contribution < -0.4 is 10.1 Å². The van der Waals surface area contributed by atoms with Gasteiger partial charge in [-0.2, -0.15) is 0 Å². The van der Waals surface area contributed by atoms with Gasteiger partial charge in [0.05, 0.1) is 6.61 Å². The molecule has 0 spiro atoms. The molecule has 0 saturated heterocycles. The third-order valence-corrected chi connectivity index (χ3v) is 2.48. The lowest BCUT2D eigenvalue weighted by molar-refractivity contribution is 0.0177. The Hall–Kier alpha value is -1.24. The van der Waals surface area contributed by atoms with Crippen LogP contribution in [0.15, 0.2) is 24.3 Å². The fraction of sp³-hybridized carbons (Fsp3) is 0.571. The van der Waals surface area contributed by atoms with Gasteiger partial charge in [0, 0.05) is 13.1 Å². The summed E-state index contributed by atoms with van der Waals surface area (Å²) < 4.78 is 33.7. The molecule has 0 aromatic heterocycles. The van der Waals surface area contributed by atoms with Gasteiger partial charge in [0.15, 0.2) is 0 Å². The first-order valence-electron chi connectivity index (χ1n) is 6.52. The Morgan fingerprint density at radius 3 is 2.80 bits per heavy atom. The van der Waals surface area contributed by atoms with Gasteiger partial charge in [-0.05, 0) is 24.6 Å². The van der Waals surface area contributed by atoms with Crippen molar-refractivity contribution in [2.24, 2.45) is 0 Å². The molecular weight excluding hydrogens is 268 g/mol. The lowest BCUT2D eigenvalue weighted by Gasteiger charge is -2.13. The van der Waals surface area contributed by atoms with E-state index >= 15 is 0 Å². The molecule has 1 rings (SSSR count). The van der Waals surface area contributed by atoms with Crippen LogP contribution in [0.1, 0.15) is 5.56 Å². The fourth-order valence-electron chi connectivity index (χ4n) is 1.54. The maximum absolute atomic E-state index is 11.8. The van der Waals surface area contributed by atoms with Crippen molar-refractivity contribution in [2.75, 3.05) is 32.9 Å². The average Bonchev–Trinajstić information content (AvgIpc) is 2.40. The Balaban J connectivity index is 2.04. The summed E-state index contributed by atoms with van der Waals surface area (Å²) in [4.78, 5) is 0. The molecule has 4 nitrogen and oxygen atoms in total. The van der Waals surface area contributed by atoms with Crippen LogP contribution in [0.2, 0.25) is 0 Å². The highest BCUT2D eigenvalue weighted by molar-refractivity contribution is 5.27. The Kier molecular flexibility index (Phi) is 8.10. The number of rotatable bonds is 10. The number of halogens is 2.